The van der Waals surface area contributed by atoms with Crippen LogP contribution in [0.2, 0.25) is 0 Å². The van der Waals surface area contributed by atoms with Crippen molar-refractivity contribution in [1.82, 2.24) is 5.16 Å². The molecule has 0 aliphatic rings. The van der Waals surface area contributed by atoms with Crippen LogP contribution in [-0.2, 0) is 5.67 Å². The van der Waals surface area contributed by atoms with Crippen molar-refractivity contribution in [2.24, 2.45) is 0 Å². The molecule has 1 aromatic rings. The van der Waals surface area contributed by atoms with Gasteiger partial charge in [0.25, 0.3) is 0 Å². The zero-order valence-electron chi connectivity index (χ0n) is 10.5. The highest BCUT2D eigenvalue weighted by molar-refractivity contribution is 5.62. The molecule has 0 fully saturated rings. The molecule has 0 amide bonds. The van der Waals surface area contributed by atoms with Gasteiger partial charge in [0.2, 0.25) is 0 Å². The number of halogens is 1. The number of nitrogens with zero attached hydrogens (tertiary/aromatic N) is 1. The second-order valence-corrected chi connectivity index (χ2v) is 4.64. The largest absolute Gasteiger partial charge is 0.357 e. The summed E-state index contributed by atoms with van der Waals surface area (Å²) < 4.78 is 18.5. The quantitative estimate of drug-likeness (QED) is 0.716. The molecule has 1 rings (SSSR count). The highest BCUT2D eigenvalue weighted by atomic mass is 19.1. The van der Waals surface area contributed by atoms with E-state index in [9.17, 15) is 4.39 Å². The van der Waals surface area contributed by atoms with E-state index in [1.165, 1.54) is 19.4 Å². The number of allylic oxidation sites excluding steroid dienone is 4. The molecule has 0 atom stereocenters. The first-order valence-corrected chi connectivity index (χ1v) is 5.29. The summed E-state index contributed by atoms with van der Waals surface area (Å²) in [6, 6.07) is 1.64. The minimum absolute atomic E-state index is 0.257. The average molecular weight is 223 g/mol. The topological polar surface area (TPSA) is 26.0 Å². The van der Waals surface area contributed by atoms with Crippen LogP contribution in [0.25, 0.3) is 5.57 Å². The van der Waals surface area contributed by atoms with Gasteiger partial charge in [-0.25, -0.2) is 4.39 Å². The number of aromatic nitrogens is 1. The van der Waals surface area contributed by atoms with E-state index in [0.717, 1.165) is 5.57 Å². The van der Waals surface area contributed by atoms with Gasteiger partial charge in [0.05, 0.1) is 0 Å². The van der Waals surface area contributed by atoms with Gasteiger partial charge in [-0.2, -0.15) is 0 Å². The minimum Gasteiger partial charge on any atom is -0.357 e. The molecule has 0 bridgehead atoms. The molecule has 0 radical (unpaired) electrons. The Morgan fingerprint density at radius 1 is 1.31 bits per heavy atom. The standard InChI is InChI=1S/C13H18FNO/c1-9(2)6-7-10(3)11-8-12(16-15-11)13(4,5)14/h6-8H,1-5H3/b10-7+. The molecule has 88 valence electrons. The van der Waals surface area contributed by atoms with Crippen molar-refractivity contribution in [2.45, 2.75) is 40.3 Å². The van der Waals surface area contributed by atoms with E-state index in [1.54, 1.807) is 6.07 Å². The summed E-state index contributed by atoms with van der Waals surface area (Å²) in [7, 11) is 0. The van der Waals surface area contributed by atoms with Gasteiger partial charge in [-0.1, -0.05) is 22.9 Å². The second kappa shape index (κ2) is 4.64. The Morgan fingerprint density at radius 3 is 2.38 bits per heavy atom. The maximum absolute atomic E-state index is 13.5. The van der Waals surface area contributed by atoms with Crippen molar-refractivity contribution in [1.29, 1.82) is 0 Å². The molecular formula is C13H18FNO. The Morgan fingerprint density at radius 2 is 1.94 bits per heavy atom. The third kappa shape index (κ3) is 3.33. The SMILES string of the molecule is CC(C)=C/C=C(\C)c1cc(C(C)(C)F)on1. The number of rotatable bonds is 3. The maximum Gasteiger partial charge on any atom is 0.173 e. The summed E-state index contributed by atoms with van der Waals surface area (Å²) in [6.07, 6.45) is 3.94. The van der Waals surface area contributed by atoms with Gasteiger partial charge < -0.3 is 4.52 Å². The van der Waals surface area contributed by atoms with E-state index in [1.807, 2.05) is 32.9 Å². The molecule has 0 saturated heterocycles. The van der Waals surface area contributed by atoms with Gasteiger partial charge in [0, 0.05) is 6.07 Å². The Balaban J connectivity index is 2.95. The fourth-order valence-corrected chi connectivity index (χ4v) is 1.12. The van der Waals surface area contributed by atoms with Crippen LogP contribution in [0.15, 0.2) is 28.3 Å². The molecule has 0 aromatic carbocycles. The Bertz CT molecular complexity index is 417. The molecule has 0 unspecified atom stereocenters. The summed E-state index contributed by atoms with van der Waals surface area (Å²) in [5.74, 6) is 0.257. The van der Waals surface area contributed by atoms with Gasteiger partial charge in [-0.3, -0.25) is 0 Å². The van der Waals surface area contributed by atoms with Gasteiger partial charge in [-0.15, -0.1) is 0 Å². The van der Waals surface area contributed by atoms with Crippen LogP contribution in [-0.4, -0.2) is 5.16 Å². The Kier molecular flexibility index (Phi) is 3.68. The molecule has 16 heavy (non-hydrogen) atoms. The first-order chi connectivity index (χ1) is 7.30. The predicted molar refractivity (Wildman–Crippen MR) is 63.7 cm³/mol. The molecule has 0 spiro atoms. The molecule has 0 N–H and O–H groups in total. The first kappa shape index (κ1) is 12.7. The van der Waals surface area contributed by atoms with Gasteiger partial charge in [0.1, 0.15) is 5.69 Å². The third-order valence-corrected chi connectivity index (χ3v) is 2.17. The van der Waals surface area contributed by atoms with Crippen LogP contribution in [0.1, 0.15) is 46.1 Å². The van der Waals surface area contributed by atoms with E-state index < -0.39 is 5.67 Å². The fourth-order valence-electron chi connectivity index (χ4n) is 1.12. The lowest BCUT2D eigenvalue weighted by Crippen LogP contribution is -2.06. The monoisotopic (exact) mass is 223 g/mol. The highest BCUT2D eigenvalue weighted by Gasteiger charge is 2.24. The molecule has 0 saturated carbocycles. The third-order valence-electron chi connectivity index (χ3n) is 2.17. The van der Waals surface area contributed by atoms with E-state index in [2.05, 4.69) is 5.16 Å². The summed E-state index contributed by atoms with van der Waals surface area (Å²) in [5, 5.41) is 3.85. The number of alkyl halides is 1. The van der Waals surface area contributed by atoms with Crippen molar-refractivity contribution in [3.63, 3.8) is 0 Å². The molecule has 2 nitrogen and oxygen atoms in total. The molecule has 1 heterocycles. The molecule has 0 aliphatic carbocycles. The zero-order chi connectivity index (χ0) is 12.3. The van der Waals surface area contributed by atoms with Gasteiger partial charge >= 0.3 is 0 Å². The Hall–Kier alpha value is -1.38. The minimum atomic E-state index is -1.48. The molecule has 1 aromatic heterocycles. The molecule has 3 heteroatoms. The predicted octanol–water partition coefficient (Wildman–Crippen LogP) is 4.25. The zero-order valence-corrected chi connectivity index (χ0v) is 10.5. The summed E-state index contributed by atoms with van der Waals surface area (Å²) in [6.45, 7) is 8.86. The van der Waals surface area contributed by atoms with Crippen molar-refractivity contribution in [3.05, 3.63) is 35.2 Å². The van der Waals surface area contributed by atoms with Crippen LogP contribution in [0.4, 0.5) is 4.39 Å². The number of hydrogen-bond donors (Lipinski definition) is 0. The van der Waals surface area contributed by atoms with Crippen LogP contribution in [0, 0.1) is 0 Å². The lowest BCUT2D eigenvalue weighted by Gasteiger charge is -2.07. The highest BCUT2D eigenvalue weighted by Crippen LogP contribution is 2.26. The number of hydrogen-bond acceptors (Lipinski definition) is 2. The summed E-state index contributed by atoms with van der Waals surface area (Å²) >= 11 is 0. The lowest BCUT2D eigenvalue weighted by atomic mass is 10.1. The lowest BCUT2D eigenvalue weighted by molar-refractivity contribution is 0.163. The van der Waals surface area contributed by atoms with Gasteiger partial charge in [0.15, 0.2) is 11.4 Å². The molecular weight excluding hydrogens is 205 g/mol. The van der Waals surface area contributed by atoms with E-state index in [0.29, 0.717) is 5.69 Å². The summed E-state index contributed by atoms with van der Waals surface area (Å²) in [5.41, 5.74) is 1.36. The van der Waals surface area contributed by atoms with Crippen LogP contribution in [0.3, 0.4) is 0 Å². The molecule has 0 aliphatic heterocycles. The Labute approximate surface area is 95.8 Å². The fraction of sp³-hybridized carbons (Fsp3) is 0.462. The van der Waals surface area contributed by atoms with Crippen LogP contribution >= 0.6 is 0 Å². The normalized spacial score (nSPS) is 12.8. The van der Waals surface area contributed by atoms with Crippen molar-refractivity contribution >= 4 is 5.57 Å². The van der Waals surface area contributed by atoms with Crippen LogP contribution in [0.5, 0.6) is 0 Å². The van der Waals surface area contributed by atoms with Gasteiger partial charge in [-0.05, 0) is 40.2 Å². The smallest absolute Gasteiger partial charge is 0.173 e. The second-order valence-electron chi connectivity index (χ2n) is 4.64. The first-order valence-electron chi connectivity index (χ1n) is 5.29. The van der Waals surface area contributed by atoms with E-state index >= 15 is 0 Å². The maximum atomic E-state index is 13.5. The van der Waals surface area contributed by atoms with Crippen molar-refractivity contribution < 1.29 is 8.91 Å². The van der Waals surface area contributed by atoms with E-state index in [-0.39, 0.29) is 5.76 Å². The van der Waals surface area contributed by atoms with Crippen LogP contribution < -0.4 is 0 Å². The van der Waals surface area contributed by atoms with E-state index in [4.69, 9.17) is 4.52 Å². The van der Waals surface area contributed by atoms with Crippen molar-refractivity contribution in [3.8, 4) is 0 Å². The average Bonchev–Trinajstić information content (AvgIpc) is 2.61. The van der Waals surface area contributed by atoms with Crippen molar-refractivity contribution in [2.75, 3.05) is 0 Å². The summed E-state index contributed by atoms with van der Waals surface area (Å²) in [4.78, 5) is 0.